The summed E-state index contributed by atoms with van der Waals surface area (Å²) in [7, 11) is 0. The van der Waals surface area contributed by atoms with Gasteiger partial charge in [0, 0.05) is 104 Å². The van der Waals surface area contributed by atoms with E-state index in [1.807, 2.05) is 9.80 Å². The molecule has 14 unspecified atom stereocenters. The van der Waals surface area contributed by atoms with Crippen molar-refractivity contribution in [2.24, 2.45) is 112 Å². The zero-order valence-corrected chi connectivity index (χ0v) is 42.0. The number of allylic oxidation sites excluding steroid dienone is 12. The molecule has 0 aromatic rings. The fourth-order valence-corrected chi connectivity index (χ4v) is 15.7. The summed E-state index contributed by atoms with van der Waals surface area (Å²) in [5.41, 5.74) is 5.55. The van der Waals surface area contributed by atoms with Gasteiger partial charge in [0.2, 0.25) is 59.1 Å². The molecule has 19 heteroatoms. The van der Waals surface area contributed by atoms with Gasteiger partial charge in [-0.3, -0.25) is 62.6 Å². The smallest absolute Gasteiger partial charge is 0.233 e. The lowest BCUT2D eigenvalue weighted by Crippen LogP contribution is -2.50. The van der Waals surface area contributed by atoms with Crippen molar-refractivity contribution in [1.82, 2.24) is 40.4 Å². The Bertz CT molecular complexity index is 2450. The molecule has 6 bridgehead atoms. The number of hydrogen-bond acceptors (Lipinski definition) is 12. The molecule has 12 aliphatic carbocycles. The second-order valence-electron chi connectivity index (χ2n) is 23.1. The second-order valence-corrected chi connectivity index (χ2v) is 23.1. The van der Waals surface area contributed by atoms with Crippen molar-refractivity contribution in [3.8, 4) is 0 Å². The molecule has 18 atom stereocenters. The first kappa shape index (κ1) is 49.5. The lowest BCUT2D eigenvalue weighted by Gasteiger charge is -2.51. The van der Waals surface area contributed by atoms with Crippen LogP contribution in [-0.2, 0) is 47.9 Å². The fraction of sp³-hybridized carbons (Fsp3) is 0.607. The van der Waals surface area contributed by atoms with Crippen LogP contribution in [0.1, 0.15) is 25.7 Å². The molecule has 3 saturated heterocycles. The summed E-state index contributed by atoms with van der Waals surface area (Å²) < 4.78 is 0. The number of nitrogens with one attached hydrogen (secondary N) is 3. The maximum Gasteiger partial charge on any atom is 0.233 e. The molecule has 10 amide bonds. The van der Waals surface area contributed by atoms with Crippen molar-refractivity contribution >= 4 is 59.1 Å². The molecular weight excluding hydrogens is 959 g/mol. The SMILES string of the molecule is NC(=O)CCN(CCC(=O)NCCN1C(=O)C2C3C=CC(C2C1=O)[C@@H]1C=CC31)CCN(CCC(=O)NCCN1C(=O)C2C3C=CC(C2C1=O)[C@H]1C=CC31)CCC(=O)NCCN1C(=O)C2C3C=C[C@H](C2C1=O)[C@@H]1C=CC31. The second kappa shape index (κ2) is 19.7. The van der Waals surface area contributed by atoms with Crippen LogP contribution in [0.25, 0.3) is 0 Å². The van der Waals surface area contributed by atoms with Crippen LogP contribution in [0, 0.1) is 107 Å². The fourth-order valence-electron chi connectivity index (χ4n) is 15.7. The van der Waals surface area contributed by atoms with Crippen LogP contribution in [0.15, 0.2) is 72.9 Å². The van der Waals surface area contributed by atoms with Crippen molar-refractivity contribution in [3.05, 3.63) is 72.9 Å². The Labute approximate surface area is 435 Å². The van der Waals surface area contributed by atoms with Crippen molar-refractivity contribution in [2.75, 3.05) is 78.5 Å². The van der Waals surface area contributed by atoms with Gasteiger partial charge in [-0.15, -0.1) is 0 Å². The van der Waals surface area contributed by atoms with E-state index in [0.29, 0.717) is 48.6 Å². The van der Waals surface area contributed by atoms with Gasteiger partial charge in [0.1, 0.15) is 0 Å². The van der Waals surface area contributed by atoms with Gasteiger partial charge in [-0.1, -0.05) is 72.9 Å². The van der Waals surface area contributed by atoms with Gasteiger partial charge in [0.15, 0.2) is 0 Å². The van der Waals surface area contributed by atoms with Gasteiger partial charge in [-0.25, -0.2) is 0 Å². The lowest BCUT2D eigenvalue weighted by atomic mass is 9.50. The third-order valence-electron chi connectivity index (χ3n) is 19.6. The van der Waals surface area contributed by atoms with E-state index >= 15 is 0 Å². The molecule has 15 aliphatic rings. The maximum atomic E-state index is 13.6. The monoisotopic (exact) mass is 1030 g/mol. The van der Waals surface area contributed by atoms with Gasteiger partial charge in [-0.05, 0) is 71.0 Å². The number of hydrogen-bond donors (Lipinski definition) is 4. The molecule has 0 aromatic carbocycles. The van der Waals surface area contributed by atoms with E-state index in [1.54, 1.807) is 0 Å². The summed E-state index contributed by atoms with van der Waals surface area (Å²) in [6.45, 7) is 2.18. The van der Waals surface area contributed by atoms with Crippen LogP contribution in [0.2, 0.25) is 0 Å². The number of carbonyl (C=O) groups is 10. The van der Waals surface area contributed by atoms with Gasteiger partial charge in [0.05, 0.1) is 35.5 Å². The van der Waals surface area contributed by atoms with Crippen LogP contribution in [0.4, 0.5) is 0 Å². The highest BCUT2D eigenvalue weighted by Gasteiger charge is 2.65. The Balaban J connectivity index is 0.627. The predicted molar refractivity (Wildman–Crippen MR) is 267 cm³/mol. The highest BCUT2D eigenvalue weighted by molar-refractivity contribution is 6.08. The largest absolute Gasteiger partial charge is 0.370 e. The summed E-state index contributed by atoms with van der Waals surface area (Å²) >= 11 is 0. The summed E-state index contributed by atoms with van der Waals surface area (Å²) in [6, 6.07) is 0. The van der Waals surface area contributed by atoms with Crippen LogP contribution in [0.5, 0.6) is 0 Å². The predicted octanol–water partition coefficient (Wildman–Crippen LogP) is -0.358. The first-order valence-electron chi connectivity index (χ1n) is 27.5. The third kappa shape index (κ3) is 8.37. The molecule has 0 spiro atoms. The minimum absolute atomic E-state index is 0.0173. The van der Waals surface area contributed by atoms with Crippen LogP contribution < -0.4 is 21.7 Å². The quantitative estimate of drug-likeness (QED) is 0.0716. The first-order chi connectivity index (χ1) is 36.3. The number of amides is 10. The van der Waals surface area contributed by atoms with Crippen LogP contribution >= 0.6 is 0 Å². The number of carbonyl (C=O) groups excluding carboxylic acids is 10. The van der Waals surface area contributed by atoms with Gasteiger partial charge in [0.25, 0.3) is 0 Å². The molecule has 19 nitrogen and oxygen atoms in total. The summed E-state index contributed by atoms with van der Waals surface area (Å²) in [5.74, 6) is -2.73. The highest BCUT2D eigenvalue weighted by Crippen LogP contribution is 2.61. The average molecular weight is 1030 g/mol. The lowest BCUT2D eigenvalue weighted by molar-refractivity contribution is -0.141. The van der Waals surface area contributed by atoms with Crippen LogP contribution in [-0.4, -0.2) is 162 Å². The van der Waals surface area contributed by atoms with E-state index in [1.165, 1.54) is 14.7 Å². The summed E-state index contributed by atoms with van der Waals surface area (Å²) in [4.78, 5) is 141. The highest BCUT2D eigenvalue weighted by atomic mass is 16.2. The zero-order chi connectivity index (χ0) is 52.0. The molecule has 3 saturated carbocycles. The zero-order valence-electron chi connectivity index (χ0n) is 42.0. The Kier molecular flexibility index (Phi) is 13.0. The molecule has 3 aliphatic heterocycles. The number of imide groups is 3. The van der Waals surface area contributed by atoms with Crippen molar-refractivity contribution in [3.63, 3.8) is 0 Å². The Morgan fingerprint density at radius 2 is 0.560 bits per heavy atom. The molecule has 0 aromatic heterocycles. The molecule has 6 fully saturated rings. The first-order valence-corrected chi connectivity index (χ1v) is 27.5. The molecule has 75 heavy (non-hydrogen) atoms. The Morgan fingerprint density at radius 3 is 0.773 bits per heavy atom. The standard InChI is InChI=1S/C56H67N9O10/c57-41(66)13-20-61(21-14-42(67)58-17-24-63-51(70)45-35-7-8-36(46(45)52(63)71)30-2-1-29(30)35)27-28-62(22-15-43(68)59-18-25-64-53(72)47-37-9-10-38(48(47)54(64)73)32-4-3-31(32)37)23-16-44(69)60-19-26-65-55(74)49-39-11-12-40(50(49)56(65)75)34-6-5-33(34)39/h1-12,29-40,45-50H,13-28H2,(H2,57,66)(H,58,67)(H,59,68)(H,60,69)/t29-,30?,31-,32?,33+,34?,35?,36?,37+,38?,39?,40?,45?,46?,47?,48?,49?,50?/m1/s1. The normalized spacial score (nSPS) is 37.7. The van der Waals surface area contributed by atoms with Crippen molar-refractivity contribution in [1.29, 1.82) is 0 Å². The summed E-state index contributed by atoms with van der Waals surface area (Å²) in [6.07, 6.45) is 25.6. The van der Waals surface area contributed by atoms with E-state index in [9.17, 15) is 47.9 Å². The minimum Gasteiger partial charge on any atom is -0.370 e. The average Bonchev–Trinajstić information content (AvgIpc) is 3.90. The topological polar surface area (TPSA) is 249 Å². The molecule has 3 heterocycles. The number of likely N-dealkylation sites (tertiary alicyclic amines) is 3. The molecular formula is C56H67N9O10. The third-order valence-corrected chi connectivity index (χ3v) is 19.6. The van der Waals surface area contributed by atoms with E-state index in [2.05, 4.69) is 88.9 Å². The van der Waals surface area contributed by atoms with Gasteiger partial charge in [-0.2, -0.15) is 0 Å². The number of nitrogens with two attached hydrogens (primary N) is 1. The van der Waals surface area contributed by atoms with Crippen molar-refractivity contribution in [2.45, 2.75) is 25.7 Å². The number of primary amides is 1. The molecule has 0 radical (unpaired) electrons. The van der Waals surface area contributed by atoms with E-state index in [0.717, 1.165) is 0 Å². The number of nitrogens with zero attached hydrogens (tertiary/aromatic N) is 5. The van der Waals surface area contributed by atoms with E-state index < -0.39 is 5.91 Å². The Hall–Kier alpha value is -6.34. The summed E-state index contributed by atoms with van der Waals surface area (Å²) in [5, 5.41) is 8.61. The molecule has 5 N–H and O–H groups in total. The van der Waals surface area contributed by atoms with Crippen LogP contribution in [0.3, 0.4) is 0 Å². The van der Waals surface area contributed by atoms with Crippen molar-refractivity contribution < 1.29 is 47.9 Å². The van der Waals surface area contributed by atoms with Gasteiger partial charge >= 0.3 is 0 Å². The van der Waals surface area contributed by atoms with E-state index in [-0.39, 0.29) is 215 Å². The van der Waals surface area contributed by atoms with Gasteiger partial charge < -0.3 is 31.5 Å². The van der Waals surface area contributed by atoms with E-state index in [4.69, 9.17) is 5.73 Å². The molecule has 15 rings (SSSR count). The Morgan fingerprint density at radius 1 is 0.347 bits per heavy atom. The molecule has 396 valence electrons. The number of rotatable bonds is 24. The maximum absolute atomic E-state index is 13.6. The minimum atomic E-state index is -0.518.